The predicted octanol–water partition coefficient (Wildman–Crippen LogP) is 1.60. The molecule has 2 rings (SSSR count). The van der Waals surface area contributed by atoms with Crippen molar-refractivity contribution in [2.45, 2.75) is 25.3 Å². The summed E-state index contributed by atoms with van der Waals surface area (Å²) in [5, 5.41) is 0. The lowest BCUT2D eigenvalue weighted by molar-refractivity contribution is -0.130. The minimum absolute atomic E-state index is 0. The molecule has 3 nitrogen and oxygen atoms in total. The molecule has 1 aromatic rings. The highest BCUT2D eigenvalue weighted by Gasteiger charge is 2.22. The zero-order valence-corrected chi connectivity index (χ0v) is 10.7. The molecule has 0 bridgehead atoms. The van der Waals surface area contributed by atoms with Gasteiger partial charge in [0.2, 0.25) is 5.91 Å². The Bertz CT molecular complexity index is 356. The van der Waals surface area contributed by atoms with E-state index >= 15 is 0 Å². The fraction of sp³-hybridized carbons (Fsp3) is 0.462. The second-order valence-corrected chi connectivity index (χ2v) is 4.37. The number of amides is 1. The van der Waals surface area contributed by atoms with Gasteiger partial charge >= 0.3 is 0 Å². The summed E-state index contributed by atoms with van der Waals surface area (Å²) in [5.74, 6) is 0.233. The standard InChI is InChI=1S/C13H18N2O.ClH/c14-12-8-9-15(10-12)13(16)7-6-11-4-2-1-3-5-11;/h1-5,12H,6-10,14H2;1H/t12-;/m1./s1. The van der Waals surface area contributed by atoms with Crippen molar-refractivity contribution in [1.82, 2.24) is 4.90 Å². The van der Waals surface area contributed by atoms with Crippen molar-refractivity contribution in [3.8, 4) is 0 Å². The second-order valence-electron chi connectivity index (χ2n) is 4.37. The smallest absolute Gasteiger partial charge is 0.222 e. The lowest BCUT2D eigenvalue weighted by atomic mass is 10.1. The first-order valence-electron chi connectivity index (χ1n) is 5.83. The highest BCUT2D eigenvalue weighted by atomic mass is 35.5. The lowest BCUT2D eigenvalue weighted by Gasteiger charge is -2.15. The molecule has 0 radical (unpaired) electrons. The molecule has 0 aromatic heterocycles. The van der Waals surface area contributed by atoms with Gasteiger partial charge in [0.1, 0.15) is 0 Å². The molecule has 4 heteroatoms. The van der Waals surface area contributed by atoms with Crippen molar-refractivity contribution in [3.05, 3.63) is 35.9 Å². The summed E-state index contributed by atoms with van der Waals surface area (Å²) in [7, 11) is 0. The topological polar surface area (TPSA) is 46.3 Å². The summed E-state index contributed by atoms with van der Waals surface area (Å²) in [6, 6.07) is 10.3. The Kier molecular flexibility index (Phi) is 5.45. The highest BCUT2D eigenvalue weighted by molar-refractivity contribution is 5.85. The number of benzene rings is 1. The quantitative estimate of drug-likeness (QED) is 0.891. The van der Waals surface area contributed by atoms with Crippen molar-refractivity contribution in [3.63, 3.8) is 0 Å². The summed E-state index contributed by atoms with van der Waals surface area (Å²) in [4.78, 5) is 13.7. The van der Waals surface area contributed by atoms with E-state index in [9.17, 15) is 4.79 Å². The van der Waals surface area contributed by atoms with Crippen molar-refractivity contribution in [2.24, 2.45) is 5.73 Å². The molecule has 1 aliphatic heterocycles. The Morgan fingerprint density at radius 2 is 2.06 bits per heavy atom. The van der Waals surface area contributed by atoms with Gasteiger partial charge in [-0.3, -0.25) is 4.79 Å². The van der Waals surface area contributed by atoms with Crippen LogP contribution in [0, 0.1) is 0 Å². The Morgan fingerprint density at radius 3 is 2.65 bits per heavy atom. The summed E-state index contributed by atoms with van der Waals surface area (Å²) in [6.07, 6.45) is 2.36. The lowest BCUT2D eigenvalue weighted by Crippen LogP contribution is -2.31. The maximum Gasteiger partial charge on any atom is 0.222 e. The average Bonchev–Trinajstić information content (AvgIpc) is 2.74. The molecule has 0 saturated carbocycles. The molecule has 17 heavy (non-hydrogen) atoms. The van der Waals surface area contributed by atoms with E-state index in [4.69, 9.17) is 5.73 Å². The predicted molar refractivity (Wildman–Crippen MR) is 71.2 cm³/mol. The van der Waals surface area contributed by atoms with E-state index in [1.807, 2.05) is 23.1 Å². The van der Waals surface area contributed by atoms with Gasteiger partial charge in [-0.15, -0.1) is 12.4 Å². The first-order chi connectivity index (χ1) is 7.75. The Labute approximate surface area is 108 Å². The number of nitrogens with two attached hydrogens (primary N) is 1. The van der Waals surface area contributed by atoms with Gasteiger partial charge < -0.3 is 10.6 Å². The highest BCUT2D eigenvalue weighted by Crippen LogP contribution is 2.10. The Balaban J connectivity index is 0.00000144. The summed E-state index contributed by atoms with van der Waals surface area (Å²) in [5.41, 5.74) is 7.00. The maximum atomic E-state index is 11.8. The molecule has 0 aliphatic carbocycles. The van der Waals surface area contributed by atoms with Gasteiger partial charge in [-0.1, -0.05) is 30.3 Å². The van der Waals surface area contributed by atoms with E-state index in [0.29, 0.717) is 6.42 Å². The summed E-state index contributed by atoms with van der Waals surface area (Å²) < 4.78 is 0. The monoisotopic (exact) mass is 254 g/mol. The van der Waals surface area contributed by atoms with Crippen LogP contribution in [0.5, 0.6) is 0 Å². The van der Waals surface area contributed by atoms with Crippen LogP contribution in [0.25, 0.3) is 0 Å². The fourth-order valence-electron chi connectivity index (χ4n) is 2.07. The van der Waals surface area contributed by atoms with Crippen LogP contribution in [-0.4, -0.2) is 29.9 Å². The van der Waals surface area contributed by atoms with Crippen molar-refractivity contribution in [1.29, 1.82) is 0 Å². The van der Waals surface area contributed by atoms with Gasteiger partial charge in [0, 0.05) is 25.6 Å². The first-order valence-corrected chi connectivity index (χ1v) is 5.83. The molecule has 94 valence electrons. The van der Waals surface area contributed by atoms with Crippen LogP contribution in [0.2, 0.25) is 0 Å². The van der Waals surface area contributed by atoms with Crippen LogP contribution in [0.4, 0.5) is 0 Å². The number of rotatable bonds is 3. The zero-order chi connectivity index (χ0) is 11.4. The SMILES string of the molecule is Cl.N[C@@H]1CCN(C(=O)CCc2ccccc2)C1. The third kappa shape index (κ3) is 4.02. The van der Waals surface area contributed by atoms with Gasteiger partial charge in [0.15, 0.2) is 0 Å². The Morgan fingerprint density at radius 1 is 1.35 bits per heavy atom. The molecule has 1 amide bonds. The number of halogens is 1. The first kappa shape index (κ1) is 14.0. The summed E-state index contributed by atoms with van der Waals surface area (Å²) in [6.45, 7) is 1.56. The molecule has 1 aliphatic rings. The second kappa shape index (κ2) is 6.62. The minimum atomic E-state index is 0. The molecule has 1 aromatic carbocycles. The molecule has 2 N–H and O–H groups in total. The normalized spacial score (nSPS) is 18.9. The van der Waals surface area contributed by atoms with Gasteiger partial charge in [0.05, 0.1) is 0 Å². The molecule has 0 unspecified atom stereocenters. The minimum Gasteiger partial charge on any atom is -0.341 e. The van der Waals surface area contributed by atoms with Crippen LogP contribution < -0.4 is 5.73 Å². The molecule has 1 saturated heterocycles. The number of nitrogens with zero attached hydrogens (tertiary/aromatic N) is 1. The van der Waals surface area contributed by atoms with Gasteiger partial charge in [-0.05, 0) is 18.4 Å². The van der Waals surface area contributed by atoms with Crippen LogP contribution >= 0.6 is 12.4 Å². The van der Waals surface area contributed by atoms with Crippen LogP contribution in [-0.2, 0) is 11.2 Å². The Hall–Kier alpha value is -1.06. The van der Waals surface area contributed by atoms with Crippen LogP contribution in [0.1, 0.15) is 18.4 Å². The number of likely N-dealkylation sites (tertiary alicyclic amines) is 1. The third-order valence-corrected chi connectivity index (χ3v) is 3.05. The average molecular weight is 255 g/mol. The largest absolute Gasteiger partial charge is 0.341 e. The number of carbonyl (C=O) groups is 1. The molecular formula is C13H19ClN2O. The zero-order valence-electron chi connectivity index (χ0n) is 9.84. The molecule has 1 fully saturated rings. The van der Waals surface area contributed by atoms with E-state index in [0.717, 1.165) is 25.9 Å². The molecule has 0 spiro atoms. The van der Waals surface area contributed by atoms with Gasteiger partial charge in [-0.25, -0.2) is 0 Å². The number of hydrogen-bond donors (Lipinski definition) is 1. The maximum absolute atomic E-state index is 11.8. The van der Waals surface area contributed by atoms with E-state index in [2.05, 4.69) is 12.1 Å². The van der Waals surface area contributed by atoms with E-state index in [1.54, 1.807) is 0 Å². The molecule has 1 heterocycles. The third-order valence-electron chi connectivity index (χ3n) is 3.05. The number of carbonyl (C=O) groups excluding carboxylic acids is 1. The van der Waals surface area contributed by atoms with Crippen molar-refractivity contribution >= 4 is 18.3 Å². The molecular weight excluding hydrogens is 236 g/mol. The van der Waals surface area contributed by atoms with Crippen molar-refractivity contribution < 1.29 is 4.79 Å². The number of aryl methyl sites for hydroxylation is 1. The van der Waals surface area contributed by atoms with E-state index in [-0.39, 0.29) is 24.4 Å². The van der Waals surface area contributed by atoms with Gasteiger partial charge in [0.25, 0.3) is 0 Å². The fourth-order valence-corrected chi connectivity index (χ4v) is 2.07. The van der Waals surface area contributed by atoms with Gasteiger partial charge in [-0.2, -0.15) is 0 Å². The van der Waals surface area contributed by atoms with E-state index in [1.165, 1.54) is 5.56 Å². The van der Waals surface area contributed by atoms with E-state index < -0.39 is 0 Å². The number of hydrogen-bond acceptors (Lipinski definition) is 2. The summed E-state index contributed by atoms with van der Waals surface area (Å²) >= 11 is 0. The van der Waals surface area contributed by atoms with Crippen LogP contribution in [0.3, 0.4) is 0 Å². The van der Waals surface area contributed by atoms with Crippen molar-refractivity contribution in [2.75, 3.05) is 13.1 Å². The molecule has 1 atom stereocenters. The van der Waals surface area contributed by atoms with Crippen LogP contribution in [0.15, 0.2) is 30.3 Å².